The van der Waals surface area contributed by atoms with Crippen LogP contribution in [0.5, 0.6) is 5.75 Å². The Bertz CT molecular complexity index is 656. The van der Waals surface area contributed by atoms with Crippen LogP contribution in [0.15, 0.2) is 30.6 Å². The molecule has 0 unspecified atom stereocenters. The monoisotopic (exact) mass is 314 g/mol. The second-order valence-corrected chi connectivity index (χ2v) is 5.30. The highest BCUT2D eigenvalue weighted by Gasteiger charge is 2.09. The fourth-order valence-electron chi connectivity index (χ4n) is 1.95. The number of carbonyl (C=O) groups excluding carboxylic acids is 1. The summed E-state index contributed by atoms with van der Waals surface area (Å²) >= 11 is 0. The third-order valence-electron chi connectivity index (χ3n) is 3.32. The number of nitrogens with two attached hydrogens (primary N) is 1. The van der Waals surface area contributed by atoms with Crippen molar-refractivity contribution >= 4 is 5.91 Å². The van der Waals surface area contributed by atoms with Crippen molar-refractivity contribution in [3.05, 3.63) is 53.1 Å². The molecule has 0 bridgehead atoms. The Hall–Kier alpha value is -2.47. The SMILES string of the molecule is Cc1cnc(CNC(=O)c2ccc(C)c(OCCCN)c2)cn1. The summed E-state index contributed by atoms with van der Waals surface area (Å²) in [6.07, 6.45) is 4.12. The van der Waals surface area contributed by atoms with Gasteiger partial charge in [0.25, 0.3) is 5.91 Å². The van der Waals surface area contributed by atoms with Crippen LogP contribution in [0.4, 0.5) is 0 Å². The number of hydrogen-bond acceptors (Lipinski definition) is 5. The van der Waals surface area contributed by atoms with Crippen LogP contribution in [-0.2, 0) is 6.54 Å². The van der Waals surface area contributed by atoms with Crippen molar-refractivity contribution in [2.24, 2.45) is 5.73 Å². The van der Waals surface area contributed by atoms with Gasteiger partial charge in [-0.3, -0.25) is 14.8 Å². The molecular weight excluding hydrogens is 292 g/mol. The van der Waals surface area contributed by atoms with E-state index < -0.39 is 0 Å². The van der Waals surface area contributed by atoms with E-state index in [2.05, 4.69) is 15.3 Å². The molecule has 0 aliphatic carbocycles. The van der Waals surface area contributed by atoms with Crippen LogP contribution < -0.4 is 15.8 Å². The van der Waals surface area contributed by atoms with Gasteiger partial charge in [-0.05, 0) is 44.5 Å². The zero-order valence-electron chi connectivity index (χ0n) is 13.5. The first kappa shape index (κ1) is 16.9. The van der Waals surface area contributed by atoms with Gasteiger partial charge in [-0.25, -0.2) is 0 Å². The number of aromatic nitrogens is 2. The molecule has 0 fully saturated rings. The van der Waals surface area contributed by atoms with E-state index in [1.54, 1.807) is 24.5 Å². The Balaban J connectivity index is 1.98. The highest BCUT2D eigenvalue weighted by molar-refractivity contribution is 5.94. The maximum absolute atomic E-state index is 12.2. The number of rotatable bonds is 7. The molecule has 1 aromatic heterocycles. The summed E-state index contributed by atoms with van der Waals surface area (Å²) < 4.78 is 5.66. The lowest BCUT2D eigenvalue weighted by molar-refractivity contribution is 0.0950. The van der Waals surface area contributed by atoms with Crippen molar-refractivity contribution in [1.82, 2.24) is 15.3 Å². The molecule has 2 aromatic rings. The predicted octanol–water partition coefficient (Wildman–Crippen LogP) is 1.75. The molecule has 2 rings (SSSR count). The van der Waals surface area contributed by atoms with Crippen LogP contribution in [0, 0.1) is 13.8 Å². The zero-order chi connectivity index (χ0) is 16.7. The molecule has 23 heavy (non-hydrogen) atoms. The topological polar surface area (TPSA) is 90.1 Å². The molecule has 0 atom stereocenters. The number of nitrogens with zero attached hydrogens (tertiary/aromatic N) is 2. The average Bonchev–Trinajstić information content (AvgIpc) is 2.56. The van der Waals surface area contributed by atoms with Crippen molar-refractivity contribution in [3.63, 3.8) is 0 Å². The summed E-state index contributed by atoms with van der Waals surface area (Å²) in [5.41, 5.74) is 8.56. The minimum Gasteiger partial charge on any atom is -0.493 e. The number of ether oxygens (including phenoxy) is 1. The maximum Gasteiger partial charge on any atom is 0.251 e. The van der Waals surface area contributed by atoms with Gasteiger partial charge in [-0.1, -0.05) is 6.07 Å². The number of benzene rings is 1. The lowest BCUT2D eigenvalue weighted by Gasteiger charge is -2.11. The minimum atomic E-state index is -0.170. The molecule has 1 heterocycles. The van der Waals surface area contributed by atoms with Crippen LogP contribution in [0.1, 0.15) is 33.7 Å². The summed E-state index contributed by atoms with van der Waals surface area (Å²) in [5.74, 6) is 0.539. The number of carbonyl (C=O) groups is 1. The average molecular weight is 314 g/mol. The van der Waals surface area contributed by atoms with Gasteiger partial charge in [-0.2, -0.15) is 0 Å². The van der Waals surface area contributed by atoms with E-state index in [9.17, 15) is 4.79 Å². The molecule has 3 N–H and O–H groups in total. The van der Waals surface area contributed by atoms with E-state index >= 15 is 0 Å². The lowest BCUT2D eigenvalue weighted by atomic mass is 10.1. The summed E-state index contributed by atoms with van der Waals surface area (Å²) in [6, 6.07) is 5.40. The third kappa shape index (κ3) is 5.03. The number of nitrogens with one attached hydrogen (secondary N) is 1. The van der Waals surface area contributed by atoms with E-state index in [0.717, 1.165) is 23.4 Å². The van der Waals surface area contributed by atoms with E-state index in [1.807, 2.05) is 19.9 Å². The molecule has 0 saturated carbocycles. The first-order valence-corrected chi connectivity index (χ1v) is 7.59. The highest BCUT2D eigenvalue weighted by atomic mass is 16.5. The molecule has 0 aliphatic heterocycles. The molecule has 0 spiro atoms. The molecule has 6 nitrogen and oxygen atoms in total. The Morgan fingerprint density at radius 1 is 1.26 bits per heavy atom. The van der Waals surface area contributed by atoms with E-state index in [4.69, 9.17) is 10.5 Å². The Morgan fingerprint density at radius 2 is 2.09 bits per heavy atom. The van der Waals surface area contributed by atoms with Gasteiger partial charge in [0.15, 0.2) is 0 Å². The van der Waals surface area contributed by atoms with Gasteiger partial charge >= 0.3 is 0 Å². The number of amides is 1. The standard InChI is InChI=1S/C17H22N4O2/c1-12-4-5-14(8-16(12)23-7-3-6-18)17(22)21-11-15-10-19-13(2)9-20-15/h4-5,8-10H,3,6-7,11,18H2,1-2H3,(H,21,22). The second-order valence-electron chi connectivity index (χ2n) is 5.30. The second kappa shape index (κ2) is 8.24. The van der Waals surface area contributed by atoms with Crippen LogP contribution in [0.25, 0.3) is 0 Å². The number of hydrogen-bond donors (Lipinski definition) is 2. The normalized spacial score (nSPS) is 10.4. The molecule has 0 saturated heterocycles. The molecule has 1 aromatic carbocycles. The van der Waals surface area contributed by atoms with Crippen molar-refractivity contribution in [1.29, 1.82) is 0 Å². The minimum absolute atomic E-state index is 0.170. The molecule has 0 aliphatic rings. The summed E-state index contributed by atoms with van der Waals surface area (Å²) in [5, 5.41) is 2.83. The lowest BCUT2D eigenvalue weighted by Crippen LogP contribution is -2.23. The van der Waals surface area contributed by atoms with Gasteiger partial charge in [0.2, 0.25) is 0 Å². The van der Waals surface area contributed by atoms with E-state index in [0.29, 0.717) is 31.0 Å². The molecule has 1 amide bonds. The molecule has 6 heteroatoms. The van der Waals surface area contributed by atoms with E-state index in [-0.39, 0.29) is 5.91 Å². The highest BCUT2D eigenvalue weighted by Crippen LogP contribution is 2.19. The van der Waals surface area contributed by atoms with Crippen molar-refractivity contribution in [2.75, 3.05) is 13.2 Å². The van der Waals surface area contributed by atoms with Crippen molar-refractivity contribution in [3.8, 4) is 5.75 Å². The van der Waals surface area contributed by atoms with Gasteiger partial charge in [0, 0.05) is 11.8 Å². The van der Waals surface area contributed by atoms with Crippen LogP contribution in [0.2, 0.25) is 0 Å². The third-order valence-corrected chi connectivity index (χ3v) is 3.32. The first-order valence-electron chi connectivity index (χ1n) is 7.59. The van der Waals surface area contributed by atoms with Gasteiger partial charge in [0.1, 0.15) is 5.75 Å². The fraction of sp³-hybridized carbons (Fsp3) is 0.353. The summed E-state index contributed by atoms with van der Waals surface area (Å²) in [6.45, 7) is 5.27. The van der Waals surface area contributed by atoms with E-state index in [1.165, 1.54) is 0 Å². The zero-order valence-corrected chi connectivity index (χ0v) is 13.5. The van der Waals surface area contributed by atoms with Crippen molar-refractivity contribution in [2.45, 2.75) is 26.8 Å². The fourth-order valence-corrected chi connectivity index (χ4v) is 1.95. The van der Waals surface area contributed by atoms with Gasteiger partial charge in [0.05, 0.1) is 30.7 Å². The Kier molecular flexibility index (Phi) is 6.05. The summed E-state index contributed by atoms with van der Waals surface area (Å²) in [4.78, 5) is 20.6. The largest absolute Gasteiger partial charge is 0.493 e. The van der Waals surface area contributed by atoms with Crippen LogP contribution >= 0.6 is 0 Å². The maximum atomic E-state index is 12.2. The first-order chi connectivity index (χ1) is 11.1. The number of aryl methyl sites for hydroxylation is 2. The van der Waals surface area contributed by atoms with Crippen LogP contribution in [0.3, 0.4) is 0 Å². The molecule has 0 radical (unpaired) electrons. The smallest absolute Gasteiger partial charge is 0.251 e. The van der Waals surface area contributed by atoms with Gasteiger partial charge < -0.3 is 15.8 Å². The Morgan fingerprint density at radius 3 is 2.78 bits per heavy atom. The predicted molar refractivity (Wildman–Crippen MR) is 88.3 cm³/mol. The molecular formula is C17H22N4O2. The Labute approximate surface area is 136 Å². The quantitative estimate of drug-likeness (QED) is 0.760. The van der Waals surface area contributed by atoms with Gasteiger partial charge in [-0.15, -0.1) is 0 Å². The van der Waals surface area contributed by atoms with Crippen LogP contribution in [-0.4, -0.2) is 29.0 Å². The summed E-state index contributed by atoms with van der Waals surface area (Å²) in [7, 11) is 0. The van der Waals surface area contributed by atoms with Crippen molar-refractivity contribution < 1.29 is 9.53 Å². The molecule has 122 valence electrons.